The van der Waals surface area contributed by atoms with Crippen molar-refractivity contribution in [1.82, 2.24) is 24.8 Å². The van der Waals surface area contributed by atoms with Crippen molar-refractivity contribution in [3.63, 3.8) is 0 Å². The predicted molar refractivity (Wildman–Crippen MR) is 140 cm³/mol. The Balaban J connectivity index is 1.44. The third kappa shape index (κ3) is 5.06. The second kappa shape index (κ2) is 9.89. The van der Waals surface area contributed by atoms with E-state index in [1.54, 1.807) is 4.90 Å². The summed E-state index contributed by atoms with van der Waals surface area (Å²) in [6.45, 7) is 9.92. The number of ether oxygens (including phenoxy) is 2. The van der Waals surface area contributed by atoms with Crippen molar-refractivity contribution in [3.8, 4) is 6.01 Å². The molecular formula is C26H35ClF2N6O3. The predicted octanol–water partition coefficient (Wildman–Crippen LogP) is 4.46. The van der Waals surface area contributed by atoms with E-state index in [2.05, 4.69) is 19.9 Å². The molecule has 5 heterocycles. The molecule has 0 bridgehead atoms. The van der Waals surface area contributed by atoms with Crippen molar-refractivity contribution < 1.29 is 23.0 Å². The van der Waals surface area contributed by atoms with E-state index in [0.29, 0.717) is 37.3 Å². The fourth-order valence-electron chi connectivity index (χ4n) is 6.07. The molecule has 2 aromatic rings. The largest absolute Gasteiger partial charge is 0.461 e. The number of amides is 1. The second-order valence-electron chi connectivity index (χ2n) is 11.9. The van der Waals surface area contributed by atoms with Crippen molar-refractivity contribution >= 4 is 34.4 Å². The molecule has 2 aromatic heterocycles. The van der Waals surface area contributed by atoms with Gasteiger partial charge in [-0.15, -0.1) is 0 Å². The topological polar surface area (TPSA) is 83.9 Å². The molecule has 3 fully saturated rings. The summed E-state index contributed by atoms with van der Waals surface area (Å²) in [6, 6.07) is -0.128. The molecule has 3 aliphatic rings. The molecular weight excluding hydrogens is 518 g/mol. The van der Waals surface area contributed by atoms with Crippen LogP contribution in [0.25, 0.3) is 10.9 Å². The summed E-state index contributed by atoms with van der Waals surface area (Å²) in [4.78, 5) is 31.4. The summed E-state index contributed by atoms with van der Waals surface area (Å²) < 4.78 is 41.0. The molecule has 0 aliphatic carbocycles. The second-order valence-corrected chi connectivity index (χ2v) is 12.2. The lowest BCUT2D eigenvalue weighted by atomic mass is 9.95. The zero-order valence-electron chi connectivity index (χ0n) is 22.5. The Bertz CT molecular complexity index is 1230. The van der Waals surface area contributed by atoms with Crippen LogP contribution < -0.4 is 9.64 Å². The highest BCUT2D eigenvalue weighted by Gasteiger charge is 2.49. The van der Waals surface area contributed by atoms with Gasteiger partial charge < -0.3 is 19.3 Å². The molecule has 5 rings (SSSR count). The van der Waals surface area contributed by atoms with E-state index in [0.717, 1.165) is 19.4 Å². The average Bonchev–Trinajstić information content (AvgIpc) is 3.50. The van der Waals surface area contributed by atoms with E-state index >= 15 is 4.39 Å². The van der Waals surface area contributed by atoms with Crippen LogP contribution in [-0.4, -0.2) is 94.0 Å². The SMILES string of the molecule is C[C@@H]1CN(C(=O)OC(C)(C)C)C[C@@H]1N(C)c1nc(OC[C@@]23CCCN2C[C@H](F)C3)nc2c(F)c(Cl)ncc12. The van der Waals surface area contributed by atoms with E-state index in [-0.39, 0.29) is 41.3 Å². The molecule has 12 heteroatoms. The van der Waals surface area contributed by atoms with Crippen LogP contribution in [0.15, 0.2) is 6.20 Å². The van der Waals surface area contributed by atoms with Crippen molar-refractivity contribution in [1.29, 1.82) is 0 Å². The van der Waals surface area contributed by atoms with Crippen LogP contribution in [0.1, 0.15) is 47.0 Å². The van der Waals surface area contributed by atoms with Gasteiger partial charge in [0.15, 0.2) is 11.0 Å². The van der Waals surface area contributed by atoms with Gasteiger partial charge in [0, 0.05) is 39.3 Å². The van der Waals surface area contributed by atoms with Gasteiger partial charge in [-0.25, -0.2) is 18.6 Å². The Labute approximate surface area is 226 Å². The summed E-state index contributed by atoms with van der Waals surface area (Å²) >= 11 is 5.99. The first-order valence-corrected chi connectivity index (χ1v) is 13.5. The van der Waals surface area contributed by atoms with E-state index in [9.17, 15) is 9.18 Å². The fraction of sp³-hybridized carbons (Fsp3) is 0.692. The van der Waals surface area contributed by atoms with Gasteiger partial charge >= 0.3 is 12.1 Å². The van der Waals surface area contributed by atoms with Crippen molar-refractivity contribution in [2.24, 2.45) is 5.92 Å². The Kier molecular flexibility index (Phi) is 7.04. The van der Waals surface area contributed by atoms with Crippen molar-refractivity contribution in [2.45, 2.75) is 70.3 Å². The normalized spacial score (nSPS) is 27.7. The van der Waals surface area contributed by atoms with E-state index in [1.165, 1.54) is 6.20 Å². The van der Waals surface area contributed by atoms with E-state index in [4.69, 9.17) is 21.1 Å². The monoisotopic (exact) mass is 552 g/mol. The van der Waals surface area contributed by atoms with Gasteiger partial charge in [-0.05, 0) is 46.1 Å². The Morgan fingerprint density at radius 1 is 1.29 bits per heavy atom. The first kappa shape index (κ1) is 27.1. The molecule has 0 spiro atoms. The van der Waals surface area contributed by atoms with Crippen LogP contribution in [0, 0.1) is 11.7 Å². The lowest BCUT2D eigenvalue weighted by Gasteiger charge is -2.31. The van der Waals surface area contributed by atoms with Crippen LogP contribution in [-0.2, 0) is 4.74 Å². The maximum absolute atomic E-state index is 15.1. The van der Waals surface area contributed by atoms with Gasteiger partial charge in [-0.1, -0.05) is 18.5 Å². The Morgan fingerprint density at radius 3 is 2.79 bits per heavy atom. The van der Waals surface area contributed by atoms with Gasteiger partial charge in [0.05, 0.1) is 17.0 Å². The van der Waals surface area contributed by atoms with Crippen molar-refractivity contribution in [3.05, 3.63) is 17.2 Å². The number of fused-ring (bicyclic) bond motifs is 2. The molecule has 38 heavy (non-hydrogen) atoms. The lowest BCUT2D eigenvalue weighted by molar-refractivity contribution is 0.0287. The molecule has 0 aromatic carbocycles. The average molecular weight is 553 g/mol. The number of aromatic nitrogens is 3. The molecule has 0 unspecified atom stereocenters. The highest BCUT2D eigenvalue weighted by atomic mass is 35.5. The summed E-state index contributed by atoms with van der Waals surface area (Å²) in [5, 5.41) is 0.0905. The highest BCUT2D eigenvalue weighted by molar-refractivity contribution is 6.30. The smallest absolute Gasteiger partial charge is 0.410 e. The first-order valence-electron chi connectivity index (χ1n) is 13.1. The number of halogens is 3. The molecule has 3 aliphatic heterocycles. The van der Waals surface area contributed by atoms with Crippen LogP contribution in [0.4, 0.5) is 19.4 Å². The maximum atomic E-state index is 15.1. The quantitative estimate of drug-likeness (QED) is 0.503. The van der Waals surface area contributed by atoms with Crippen LogP contribution >= 0.6 is 11.6 Å². The zero-order valence-corrected chi connectivity index (χ0v) is 23.3. The Hall–Kier alpha value is -2.53. The number of hydrogen-bond donors (Lipinski definition) is 0. The van der Waals surface area contributed by atoms with Crippen LogP contribution in [0.5, 0.6) is 6.01 Å². The molecule has 1 amide bonds. The summed E-state index contributed by atoms with van der Waals surface area (Å²) in [5.74, 6) is -0.254. The number of likely N-dealkylation sites (tertiary alicyclic amines) is 1. The molecule has 0 N–H and O–H groups in total. The van der Waals surface area contributed by atoms with Gasteiger partial charge in [0.2, 0.25) is 0 Å². The van der Waals surface area contributed by atoms with Gasteiger partial charge in [-0.3, -0.25) is 4.90 Å². The molecule has 9 nitrogen and oxygen atoms in total. The first-order chi connectivity index (χ1) is 17.9. The number of alkyl halides is 1. The number of pyridine rings is 1. The van der Waals surface area contributed by atoms with Crippen LogP contribution in [0.2, 0.25) is 5.15 Å². The van der Waals surface area contributed by atoms with E-state index in [1.807, 2.05) is 39.6 Å². The highest BCUT2D eigenvalue weighted by Crippen LogP contribution is 2.41. The molecule has 3 saturated heterocycles. The maximum Gasteiger partial charge on any atom is 0.410 e. The minimum atomic E-state index is -0.891. The number of carbonyl (C=O) groups excluding carboxylic acids is 1. The number of carbonyl (C=O) groups is 1. The fourth-order valence-corrected chi connectivity index (χ4v) is 6.21. The molecule has 0 radical (unpaired) electrons. The Morgan fingerprint density at radius 2 is 2.05 bits per heavy atom. The third-order valence-corrected chi connectivity index (χ3v) is 8.15. The van der Waals surface area contributed by atoms with E-state index < -0.39 is 23.1 Å². The number of nitrogens with zero attached hydrogens (tertiary/aromatic N) is 6. The number of hydrogen-bond acceptors (Lipinski definition) is 8. The summed E-state index contributed by atoms with van der Waals surface area (Å²) in [5.41, 5.74) is -0.994. The lowest BCUT2D eigenvalue weighted by Crippen LogP contribution is -2.43. The minimum absolute atomic E-state index is 0.00121. The number of anilines is 1. The summed E-state index contributed by atoms with van der Waals surface area (Å²) in [7, 11) is 1.85. The minimum Gasteiger partial charge on any atom is -0.461 e. The number of rotatable bonds is 5. The molecule has 4 atom stereocenters. The zero-order chi connectivity index (χ0) is 27.4. The number of likely N-dealkylation sites (N-methyl/N-ethyl adjacent to an activating group) is 1. The summed E-state index contributed by atoms with van der Waals surface area (Å²) in [6.07, 6.45) is 2.39. The standard InChI is InChI=1S/C26H35ClF2N6O3/c1-15-11-34(24(36)38-25(2,3)4)13-18(15)33(5)22-17-10-30-21(27)19(29)20(17)31-23(32-22)37-14-26-7-6-8-35(26)12-16(28)9-26/h10,15-16,18H,6-9,11-14H2,1-5H3/t15-,16-,18+,26+/m1/s1. The van der Waals surface area contributed by atoms with Gasteiger partial charge in [-0.2, -0.15) is 9.97 Å². The third-order valence-electron chi connectivity index (χ3n) is 7.89. The van der Waals surface area contributed by atoms with Gasteiger partial charge in [0.25, 0.3) is 0 Å². The van der Waals surface area contributed by atoms with Crippen LogP contribution in [0.3, 0.4) is 0 Å². The van der Waals surface area contributed by atoms with Gasteiger partial charge in [0.1, 0.15) is 29.7 Å². The molecule has 208 valence electrons. The van der Waals surface area contributed by atoms with Crippen molar-refractivity contribution in [2.75, 3.05) is 44.7 Å². The molecule has 0 saturated carbocycles.